The minimum atomic E-state index is -2.04. The highest BCUT2D eigenvalue weighted by Gasteiger charge is 2.54. The SMILES string of the molecule is CCOC(=O)/C=C1\[C@H]2OC(C)(C)O[C@H]2O[C@@H]1[C@H](CO[Si](C)(C)C(C)(C)C)SC(C)=O. The lowest BCUT2D eigenvalue weighted by Gasteiger charge is -2.38. The Morgan fingerprint density at radius 1 is 1.27 bits per heavy atom. The fraction of sp³-hybridized carbons (Fsp3) is 0.810. The zero-order valence-electron chi connectivity index (χ0n) is 19.6. The van der Waals surface area contributed by atoms with Crippen LogP contribution in [0.4, 0.5) is 0 Å². The zero-order chi connectivity index (χ0) is 22.9. The smallest absolute Gasteiger partial charge is 0.330 e. The first-order valence-electron chi connectivity index (χ1n) is 10.4. The van der Waals surface area contributed by atoms with E-state index in [1.165, 1.54) is 13.0 Å². The molecule has 2 rings (SSSR count). The van der Waals surface area contributed by atoms with E-state index in [4.69, 9.17) is 23.4 Å². The predicted octanol–water partition coefficient (Wildman–Crippen LogP) is 4.02. The molecular weight excluding hydrogens is 424 g/mol. The molecule has 2 aliphatic rings. The third-order valence-electron chi connectivity index (χ3n) is 5.64. The summed E-state index contributed by atoms with van der Waals surface area (Å²) >= 11 is 1.16. The summed E-state index contributed by atoms with van der Waals surface area (Å²) in [6, 6.07) is 0. The minimum absolute atomic E-state index is 0.0331. The molecule has 2 aliphatic heterocycles. The van der Waals surface area contributed by atoms with E-state index >= 15 is 0 Å². The van der Waals surface area contributed by atoms with Gasteiger partial charge >= 0.3 is 5.97 Å². The largest absolute Gasteiger partial charge is 0.463 e. The number of carbonyl (C=O) groups excluding carboxylic acids is 2. The number of rotatable bonds is 7. The topological polar surface area (TPSA) is 80.3 Å². The first kappa shape index (κ1) is 25.5. The van der Waals surface area contributed by atoms with E-state index in [1.54, 1.807) is 20.8 Å². The molecule has 0 aromatic rings. The lowest BCUT2D eigenvalue weighted by atomic mass is 10.0. The van der Waals surface area contributed by atoms with E-state index in [2.05, 4.69) is 33.9 Å². The maximum absolute atomic E-state index is 12.2. The van der Waals surface area contributed by atoms with Gasteiger partial charge in [-0.1, -0.05) is 32.5 Å². The van der Waals surface area contributed by atoms with Crippen LogP contribution in [0.3, 0.4) is 0 Å². The van der Waals surface area contributed by atoms with Gasteiger partial charge in [0.1, 0.15) is 6.10 Å². The van der Waals surface area contributed by atoms with Gasteiger partial charge in [0.05, 0.1) is 18.0 Å². The third-order valence-corrected chi connectivity index (χ3v) is 11.2. The summed E-state index contributed by atoms with van der Waals surface area (Å²) in [5, 5.41) is -0.346. The third kappa shape index (κ3) is 6.17. The molecule has 0 radical (unpaired) electrons. The van der Waals surface area contributed by atoms with Crippen molar-refractivity contribution in [3.63, 3.8) is 0 Å². The first-order valence-corrected chi connectivity index (χ1v) is 14.2. The maximum Gasteiger partial charge on any atom is 0.330 e. The Labute approximate surface area is 185 Å². The van der Waals surface area contributed by atoms with Crippen molar-refractivity contribution < 1.29 is 33.0 Å². The van der Waals surface area contributed by atoms with Crippen molar-refractivity contribution in [3.05, 3.63) is 11.6 Å². The highest BCUT2D eigenvalue weighted by molar-refractivity contribution is 8.14. The second kappa shape index (κ2) is 9.42. The van der Waals surface area contributed by atoms with Crippen LogP contribution in [0.25, 0.3) is 0 Å². The molecule has 172 valence electrons. The van der Waals surface area contributed by atoms with E-state index in [0.717, 1.165) is 11.8 Å². The van der Waals surface area contributed by atoms with Crippen LogP contribution in [-0.2, 0) is 33.0 Å². The van der Waals surface area contributed by atoms with Crippen molar-refractivity contribution in [3.8, 4) is 0 Å². The number of fused-ring (bicyclic) bond motifs is 1. The second-order valence-electron chi connectivity index (χ2n) is 9.60. The van der Waals surface area contributed by atoms with Gasteiger partial charge in [-0.05, 0) is 38.9 Å². The normalized spacial score (nSPS) is 28.4. The number of hydrogen-bond donors (Lipinski definition) is 0. The summed E-state index contributed by atoms with van der Waals surface area (Å²) in [5.74, 6) is -1.29. The number of carbonyl (C=O) groups is 2. The highest BCUT2D eigenvalue weighted by Crippen LogP contribution is 2.44. The molecule has 0 bridgehead atoms. The molecule has 0 saturated carbocycles. The summed E-state index contributed by atoms with van der Waals surface area (Å²) in [6.07, 6.45) is -0.311. The van der Waals surface area contributed by atoms with Crippen LogP contribution in [0.5, 0.6) is 0 Å². The molecular formula is C21H36O7SSi. The molecule has 2 fully saturated rings. The molecule has 9 heteroatoms. The van der Waals surface area contributed by atoms with Crippen LogP contribution >= 0.6 is 11.8 Å². The van der Waals surface area contributed by atoms with Gasteiger partial charge in [-0.15, -0.1) is 0 Å². The number of esters is 1. The molecule has 0 unspecified atom stereocenters. The van der Waals surface area contributed by atoms with Gasteiger partial charge in [-0.3, -0.25) is 4.79 Å². The van der Waals surface area contributed by atoms with E-state index in [0.29, 0.717) is 12.2 Å². The van der Waals surface area contributed by atoms with Crippen LogP contribution < -0.4 is 0 Å². The molecule has 0 N–H and O–H groups in total. The van der Waals surface area contributed by atoms with Crippen molar-refractivity contribution in [2.45, 2.75) is 96.1 Å². The average Bonchev–Trinajstić information content (AvgIpc) is 3.03. The number of hydrogen-bond acceptors (Lipinski definition) is 8. The average molecular weight is 461 g/mol. The quantitative estimate of drug-likeness (QED) is 0.320. The van der Waals surface area contributed by atoms with Crippen LogP contribution in [-0.4, -0.2) is 62.2 Å². The monoisotopic (exact) mass is 460 g/mol. The molecule has 2 heterocycles. The predicted molar refractivity (Wildman–Crippen MR) is 119 cm³/mol. The highest BCUT2D eigenvalue weighted by atomic mass is 32.2. The standard InChI is InChI=1S/C21H36O7SSi/c1-10-24-16(23)11-14-17(26-19-18(14)27-21(6,7)28-19)15(29-13(2)22)12-25-30(8,9)20(3,4)5/h11,15,17-19H,10,12H2,1-9H3/b14-11-/t15-,17-,18+,19+/m0/s1. The Balaban J connectivity index is 2.31. The first-order chi connectivity index (χ1) is 13.7. The van der Waals surface area contributed by atoms with Gasteiger partial charge in [0.2, 0.25) is 0 Å². The van der Waals surface area contributed by atoms with Crippen molar-refractivity contribution in [1.29, 1.82) is 0 Å². The zero-order valence-corrected chi connectivity index (χ0v) is 21.4. The number of ether oxygens (including phenoxy) is 4. The van der Waals surface area contributed by atoms with Gasteiger partial charge in [0.25, 0.3) is 0 Å². The van der Waals surface area contributed by atoms with Gasteiger partial charge in [-0.25, -0.2) is 4.79 Å². The van der Waals surface area contributed by atoms with Gasteiger partial charge in [0.15, 0.2) is 25.5 Å². The van der Waals surface area contributed by atoms with Crippen molar-refractivity contribution >= 4 is 31.2 Å². The molecule has 7 nitrogen and oxygen atoms in total. The Morgan fingerprint density at radius 2 is 1.90 bits per heavy atom. The fourth-order valence-electron chi connectivity index (χ4n) is 3.13. The Hall–Kier alpha value is -0.713. The summed E-state index contributed by atoms with van der Waals surface area (Å²) in [5.41, 5.74) is 0.626. The van der Waals surface area contributed by atoms with Crippen LogP contribution in [0.15, 0.2) is 11.6 Å². The molecule has 4 atom stereocenters. The van der Waals surface area contributed by atoms with Gasteiger partial charge in [-0.2, -0.15) is 0 Å². The fourth-order valence-corrected chi connectivity index (χ4v) is 5.19. The van der Waals surface area contributed by atoms with Gasteiger partial charge in [0, 0.05) is 25.2 Å². The summed E-state index contributed by atoms with van der Waals surface area (Å²) in [6.45, 7) is 18.3. The lowest BCUT2D eigenvalue weighted by molar-refractivity contribution is -0.200. The van der Waals surface area contributed by atoms with E-state index in [1.807, 2.05) is 0 Å². The summed E-state index contributed by atoms with van der Waals surface area (Å²) < 4.78 is 29.5. The van der Waals surface area contributed by atoms with E-state index in [-0.39, 0.29) is 22.0 Å². The van der Waals surface area contributed by atoms with Crippen LogP contribution in [0, 0.1) is 0 Å². The summed E-state index contributed by atoms with van der Waals surface area (Å²) in [7, 11) is -2.04. The van der Waals surface area contributed by atoms with Crippen molar-refractivity contribution in [1.82, 2.24) is 0 Å². The number of thioether (sulfide) groups is 1. The Bertz CT molecular complexity index is 683. The van der Waals surface area contributed by atoms with Gasteiger partial charge < -0.3 is 23.4 Å². The second-order valence-corrected chi connectivity index (χ2v) is 15.8. The maximum atomic E-state index is 12.2. The molecule has 0 spiro atoms. The molecule has 30 heavy (non-hydrogen) atoms. The van der Waals surface area contributed by atoms with E-state index < -0.39 is 38.6 Å². The van der Waals surface area contributed by atoms with Crippen LogP contribution in [0.1, 0.15) is 48.5 Å². The molecule has 0 amide bonds. The summed E-state index contributed by atoms with van der Waals surface area (Å²) in [4.78, 5) is 24.2. The lowest BCUT2D eigenvalue weighted by Crippen LogP contribution is -2.44. The van der Waals surface area contributed by atoms with Crippen molar-refractivity contribution in [2.75, 3.05) is 13.2 Å². The molecule has 2 saturated heterocycles. The van der Waals surface area contributed by atoms with Crippen LogP contribution in [0.2, 0.25) is 18.1 Å². The van der Waals surface area contributed by atoms with E-state index in [9.17, 15) is 9.59 Å². The Morgan fingerprint density at radius 3 is 2.43 bits per heavy atom. The molecule has 0 aliphatic carbocycles. The molecule has 0 aromatic heterocycles. The Kier molecular flexibility index (Phi) is 8.02. The minimum Gasteiger partial charge on any atom is -0.463 e. The van der Waals surface area contributed by atoms with Crippen molar-refractivity contribution in [2.24, 2.45) is 0 Å². The molecule has 0 aromatic carbocycles.